The largest absolute Gasteiger partial charge is 0.416 e. The molecule has 0 aliphatic heterocycles. The Labute approximate surface area is 114 Å². The molecule has 0 bridgehead atoms. The Kier molecular flexibility index (Phi) is 3.82. The predicted molar refractivity (Wildman–Crippen MR) is 68.6 cm³/mol. The number of benzene rings is 1. The minimum Gasteiger partial charge on any atom is -0.336 e. The molecule has 1 unspecified atom stereocenters. The van der Waals surface area contributed by atoms with Crippen LogP contribution in [0.5, 0.6) is 0 Å². The van der Waals surface area contributed by atoms with Crippen molar-refractivity contribution >= 4 is 0 Å². The van der Waals surface area contributed by atoms with Crippen molar-refractivity contribution in [3.05, 3.63) is 53.1 Å². The lowest BCUT2D eigenvalue weighted by Gasteiger charge is -2.19. The summed E-state index contributed by atoms with van der Waals surface area (Å²) < 4.78 is 39.8. The zero-order valence-corrected chi connectivity index (χ0v) is 11.1. The number of hydrazine groups is 1. The maximum atomic E-state index is 12.7. The molecule has 0 amide bonds. The van der Waals surface area contributed by atoms with Gasteiger partial charge in [0.2, 0.25) is 0 Å². The van der Waals surface area contributed by atoms with Gasteiger partial charge in [0.05, 0.1) is 5.56 Å². The number of nitrogens with zero attached hydrogens (tertiary/aromatic N) is 2. The van der Waals surface area contributed by atoms with Crippen molar-refractivity contribution in [2.75, 3.05) is 0 Å². The lowest BCUT2D eigenvalue weighted by atomic mass is 9.98. The van der Waals surface area contributed by atoms with Crippen molar-refractivity contribution in [3.8, 4) is 0 Å². The highest BCUT2D eigenvalue weighted by Gasteiger charge is 2.31. The summed E-state index contributed by atoms with van der Waals surface area (Å²) >= 11 is 0. The van der Waals surface area contributed by atoms with Crippen molar-refractivity contribution in [1.29, 1.82) is 0 Å². The standard InChI is InChI=1S/C13H15F3N4/c1-8-7-9(13(14,15)16)3-4-10(8)11(19-17)12-18-5-6-20(12)2/h3-7,11,19H,17H2,1-2H3. The third kappa shape index (κ3) is 2.68. The molecule has 20 heavy (non-hydrogen) atoms. The van der Waals surface area contributed by atoms with E-state index in [1.54, 1.807) is 30.9 Å². The normalized spacial score (nSPS) is 13.5. The van der Waals surface area contributed by atoms with Gasteiger partial charge in [0.25, 0.3) is 0 Å². The minimum atomic E-state index is -4.35. The topological polar surface area (TPSA) is 55.9 Å². The van der Waals surface area contributed by atoms with E-state index in [0.717, 1.165) is 12.1 Å². The second-order valence-corrected chi connectivity index (χ2v) is 4.57. The van der Waals surface area contributed by atoms with Gasteiger partial charge in [0, 0.05) is 19.4 Å². The van der Waals surface area contributed by atoms with Crippen molar-refractivity contribution < 1.29 is 13.2 Å². The van der Waals surface area contributed by atoms with Crippen LogP contribution in [0.2, 0.25) is 0 Å². The lowest BCUT2D eigenvalue weighted by molar-refractivity contribution is -0.137. The lowest BCUT2D eigenvalue weighted by Crippen LogP contribution is -2.31. The van der Waals surface area contributed by atoms with Crippen LogP contribution in [0.3, 0.4) is 0 Å². The minimum absolute atomic E-state index is 0.461. The van der Waals surface area contributed by atoms with Gasteiger partial charge in [0.1, 0.15) is 11.9 Å². The Hall–Kier alpha value is -1.86. The van der Waals surface area contributed by atoms with E-state index in [1.807, 2.05) is 0 Å². The van der Waals surface area contributed by atoms with E-state index >= 15 is 0 Å². The smallest absolute Gasteiger partial charge is 0.336 e. The molecule has 4 nitrogen and oxygen atoms in total. The summed E-state index contributed by atoms with van der Waals surface area (Å²) in [5, 5.41) is 0. The number of imidazole rings is 1. The fourth-order valence-electron chi connectivity index (χ4n) is 2.13. The summed E-state index contributed by atoms with van der Waals surface area (Å²) in [4.78, 5) is 4.17. The van der Waals surface area contributed by atoms with E-state index < -0.39 is 17.8 Å². The molecule has 0 saturated carbocycles. The zero-order chi connectivity index (χ0) is 14.9. The van der Waals surface area contributed by atoms with Gasteiger partial charge in [-0.1, -0.05) is 6.07 Å². The van der Waals surface area contributed by atoms with Crippen LogP contribution in [0, 0.1) is 6.92 Å². The molecule has 0 aliphatic carbocycles. The maximum absolute atomic E-state index is 12.7. The second kappa shape index (κ2) is 5.26. The average molecular weight is 284 g/mol. The van der Waals surface area contributed by atoms with Crippen LogP contribution in [0.15, 0.2) is 30.6 Å². The Bertz CT molecular complexity index is 604. The van der Waals surface area contributed by atoms with Gasteiger partial charge >= 0.3 is 6.18 Å². The Morgan fingerprint density at radius 1 is 1.35 bits per heavy atom. The number of rotatable bonds is 3. The predicted octanol–water partition coefficient (Wildman–Crippen LogP) is 2.30. The first-order valence-corrected chi connectivity index (χ1v) is 5.95. The molecule has 2 rings (SSSR count). The quantitative estimate of drug-likeness (QED) is 0.671. The number of nitrogens with one attached hydrogen (secondary N) is 1. The molecule has 108 valence electrons. The highest BCUT2D eigenvalue weighted by atomic mass is 19.4. The number of aryl methyl sites for hydroxylation is 2. The molecular weight excluding hydrogens is 269 g/mol. The molecule has 0 fully saturated rings. The molecule has 7 heteroatoms. The van der Waals surface area contributed by atoms with Gasteiger partial charge in [-0.25, -0.2) is 10.4 Å². The highest BCUT2D eigenvalue weighted by Crippen LogP contribution is 2.32. The molecular formula is C13H15F3N4. The Morgan fingerprint density at radius 3 is 2.50 bits per heavy atom. The first-order valence-electron chi connectivity index (χ1n) is 5.95. The van der Waals surface area contributed by atoms with Crippen LogP contribution in [0.1, 0.15) is 28.6 Å². The molecule has 1 aromatic carbocycles. The SMILES string of the molecule is Cc1cc(C(F)(F)F)ccc1C(NN)c1nccn1C. The molecule has 1 heterocycles. The number of hydrogen-bond acceptors (Lipinski definition) is 3. The average Bonchev–Trinajstić information content (AvgIpc) is 2.77. The second-order valence-electron chi connectivity index (χ2n) is 4.57. The number of nitrogens with two attached hydrogens (primary N) is 1. The fourth-order valence-corrected chi connectivity index (χ4v) is 2.13. The molecule has 1 aromatic heterocycles. The third-order valence-corrected chi connectivity index (χ3v) is 3.19. The van der Waals surface area contributed by atoms with Crippen LogP contribution < -0.4 is 11.3 Å². The number of aromatic nitrogens is 2. The monoisotopic (exact) mass is 284 g/mol. The molecule has 1 atom stereocenters. The van der Waals surface area contributed by atoms with Crippen LogP contribution in [-0.4, -0.2) is 9.55 Å². The molecule has 0 spiro atoms. The van der Waals surface area contributed by atoms with Gasteiger partial charge in [-0.05, 0) is 30.2 Å². The molecule has 2 aromatic rings. The molecule has 0 aliphatic rings. The van der Waals surface area contributed by atoms with Crippen molar-refractivity contribution in [2.24, 2.45) is 12.9 Å². The molecule has 0 radical (unpaired) electrons. The Morgan fingerprint density at radius 2 is 2.05 bits per heavy atom. The summed E-state index contributed by atoms with van der Waals surface area (Å²) in [6.45, 7) is 1.62. The number of hydrogen-bond donors (Lipinski definition) is 2. The van der Waals surface area contributed by atoms with Gasteiger partial charge in [0.15, 0.2) is 0 Å². The zero-order valence-electron chi connectivity index (χ0n) is 11.1. The van der Waals surface area contributed by atoms with Crippen LogP contribution in [0.4, 0.5) is 13.2 Å². The van der Waals surface area contributed by atoms with E-state index in [-0.39, 0.29) is 0 Å². The maximum Gasteiger partial charge on any atom is 0.416 e. The molecule has 3 N–H and O–H groups in total. The Balaban J connectivity index is 2.44. The van der Waals surface area contributed by atoms with Gasteiger partial charge < -0.3 is 4.57 Å². The van der Waals surface area contributed by atoms with E-state index in [4.69, 9.17) is 5.84 Å². The first-order chi connectivity index (χ1) is 9.34. The van der Waals surface area contributed by atoms with E-state index in [1.165, 1.54) is 6.07 Å². The van der Waals surface area contributed by atoms with Crippen molar-refractivity contribution in [3.63, 3.8) is 0 Å². The van der Waals surface area contributed by atoms with Crippen molar-refractivity contribution in [1.82, 2.24) is 15.0 Å². The van der Waals surface area contributed by atoms with Gasteiger partial charge in [-0.15, -0.1) is 0 Å². The molecule has 0 saturated heterocycles. The van der Waals surface area contributed by atoms with E-state index in [0.29, 0.717) is 17.0 Å². The van der Waals surface area contributed by atoms with Crippen LogP contribution in [-0.2, 0) is 13.2 Å². The number of alkyl halides is 3. The van der Waals surface area contributed by atoms with E-state index in [9.17, 15) is 13.2 Å². The highest BCUT2D eigenvalue weighted by molar-refractivity contribution is 5.37. The summed E-state index contributed by atoms with van der Waals surface area (Å²) in [7, 11) is 1.80. The summed E-state index contributed by atoms with van der Waals surface area (Å²) in [5.74, 6) is 6.17. The summed E-state index contributed by atoms with van der Waals surface area (Å²) in [6, 6.07) is 3.13. The van der Waals surface area contributed by atoms with Gasteiger partial charge in [-0.3, -0.25) is 5.84 Å². The summed E-state index contributed by atoms with van der Waals surface area (Å²) in [5.41, 5.74) is 3.09. The number of halogens is 3. The first kappa shape index (κ1) is 14.5. The summed E-state index contributed by atoms with van der Waals surface area (Å²) in [6.07, 6.45) is -0.990. The van der Waals surface area contributed by atoms with Crippen LogP contribution >= 0.6 is 0 Å². The van der Waals surface area contributed by atoms with Gasteiger partial charge in [-0.2, -0.15) is 13.2 Å². The van der Waals surface area contributed by atoms with Crippen LogP contribution in [0.25, 0.3) is 0 Å². The van der Waals surface area contributed by atoms with Crippen molar-refractivity contribution in [2.45, 2.75) is 19.1 Å². The van der Waals surface area contributed by atoms with E-state index in [2.05, 4.69) is 10.4 Å². The third-order valence-electron chi connectivity index (χ3n) is 3.19. The fraction of sp³-hybridized carbons (Fsp3) is 0.308.